The average Bonchev–Trinajstić information content (AvgIpc) is 2.65. The van der Waals surface area contributed by atoms with Crippen molar-refractivity contribution in [2.24, 2.45) is 0 Å². The van der Waals surface area contributed by atoms with Gasteiger partial charge in [0.05, 0.1) is 0 Å². The predicted molar refractivity (Wildman–Crippen MR) is 107 cm³/mol. The van der Waals surface area contributed by atoms with E-state index in [0.717, 1.165) is 49.5 Å². The number of anilines is 2. The van der Waals surface area contributed by atoms with Crippen LogP contribution in [-0.4, -0.2) is 42.1 Å². The molecule has 1 aromatic carbocycles. The normalized spacial score (nSPS) is 18.7. The molecule has 2 aromatic rings. The SMILES string of the molecule is CN(C)c1cc(NC2CCC(NC(=O)c3ccc(F)c(F)c3)CC2)ncn1.Cl. The summed E-state index contributed by atoms with van der Waals surface area (Å²) in [4.78, 5) is 22.6. The number of carbonyl (C=O) groups excluding carboxylic acids is 1. The Hall–Kier alpha value is -2.48. The second kappa shape index (κ2) is 9.64. The number of nitrogens with zero attached hydrogens (tertiary/aromatic N) is 3. The van der Waals surface area contributed by atoms with Gasteiger partial charge in [0.2, 0.25) is 0 Å². The largest absolute Gasteiger partial charge is 0.367 e. The Kier molecular flexibility index (Phi) is 7.51. The topological polar surface area (TPSA) is 70.2 Å². The summed E-state index contributed by atoms with van der Waals surface area (Å²) in [5.74, 6) is -0.738. The van der Waals surface area contributed by atoms with Crippen LogP contribution in [0.25, 0.3) is 0 Å². The molecule has 28 heavy (non-hydrogen) atoms. The molecule has 0 unspecified atom stereocenters. The Balaban J connectivity index is 0.00000280. The molecule has 0 bridgehead atoms. The molecule has 0 saturated heterocycles. The number of benzene rings is 1. The fraction of sp³-hybridized carbons (Fsp3) is 0.421. The molecule has 3 rings (SSSR count). The van der Waals surface area contributed by atoms with Gasteiger partial charge in [-0.15, -0.1) is 12.4 Å². The predicted octanol–water partition coefficient (Wildman–Crippen LogP) is 3.40. The lowest BCUT2D eigenvalue weighted by Gasteiger charge is -2.30. The molecule has 0 atom stereocenters. The first-order valence-electron chi connectivity index (χ1n) is 8.94. The zero-order valence-corrected chi connectivity index (χ0v) is 16.6. The maximum Gasteiger partial charge on any atom is 0.251 e. The van der Waals surface area contributed by atoms with E-state index in [1.807, 2.05) is 25.1 Å². The van der Waals surface area contributed by atoms with Crippen molar-refractivity contribution in [3.63, 3.8) is 0 Å². The maximum atomic E-state index is 13.3. The van der Waals surface area contributed by atoms with Crippen molar-refractivity contribution in [3.8, 4) is 0 Å². The highest BCUT2D eigenvalue weighted by Crippen LogP contribution is 2.23. The summed E-state index contributed by atoms with van der Waals surface area (Å²) >= 11 is 0. The molecule has 1 saturated carbocycles. The molecule has 0 aliphatic heterocycles. The number of amides is 1. The van der Waals surface area contributed by atoms with E-state index >= 15 is 0 Å². The average molecular weight is 412 g/mol. The lowest BCUT2D eigenvalue weighted by Crippen LogP contribution is -2.40. The fourth-order valence-corrected chi connectivity index (χ4v) is 3.17. The number of aromatic nitrogens is 2. The third-order valence-electron chi connectivity index (χ3n) is 4.71. The summed E-state index contributed by atoms with van der Waals surface area (Å²) in [6.07, 6.45) is 4.90. The van der Waals surface area contributed by atoms with Gasteiger partial charge in [0.1, 0.15) is 18.0 Å². The minimum Gasteiger partial charge on any atom is -0.367 e. The third kappa shape index (κ3) is 5.51. The Morgan fingerprint density at radius 2 is 1.71 bits per heavy atom. The summed E-state index contributed by atoms with van der Waals surface area (Å²) in [5, 5.41) is 6.32. The second-order valence-corrected chi connectivity index (χ2v) is 6.95. The molecule has 1 aliphatic carbocycles. The Bertz CT molecular complexity index is 813. The standard InChI is InChI=1S/C19H23F2N5O.ClH/c1-26(2)18-10-17(22-11-23-18)24-13-4-6-14(7-5-13)25-19(27)12-3-8-15(20)16(21)9-12;/h3,8-11,13-14H,4-7H2,1-2H3,(H,25,27)(H,22,23,24);1H. The molecule has 0 spiro atoms. The zero-order valence-electron chi connectivity index (χ0n) is 15.8. The number of nitrogens with one attached hydrogen (secondary N) is 2. The van der Waals surface area contributed by atoms with Crippen molar-refractivity contribution in [3.05, 3.63) is 47.8 Å². The van der Waals surface area contributed by atoms with Gasteiger partial charge in [-0.25, -0.2) is 18.7 Å². The van der Waals surface area contributed by atoms with Crippen LogP contribution in [0.4, 0.5) is 20.4 Å². The molecule has 152 valence electrons. The van der Waals surface area contributed by atoms with Gasteiger partial charge in [-0.3, -0.25) is 4.79 Å². The van der Waals surface area contributed by atoms with Gasteiger partial charge < -0.3 is 15.5 Å². The molecule has 1 aliphatic rings. The molecule has 1 aromatic heterocycles. The van der Waals surface area contributed by atoms with Crippen molar-refractivity contribution in [1.82, 2.24) is 15.3 Å². The first-order chi connectivity index (χ1) is 12.9. The fourth-order valence-electron chi connectivity index (χ4n) is 3.17. The quantitative estimate of drug-likeness (QED) is 0.789. The van der Waals surface area contributed by atoms with Crippen LogP contribution in [0.3, 0.4) is 0 Å². The van der Waals surface area contributed by atoms with Crippen molar-refractivity contribution >= 4 is 29.9 Å². The van der Waals surface area contributed by atoms with E-state index in [4.69, 9.17) is 0 Å². The van der Waals surface area contributed by atoms with Crippen LogP contribution < -0.4 is 15.5 Å². The highest BCUT2D eigenvalue weighted by atomic mass is 35.5. The van der Waals surface area contributed by atoms with E-state index in [9.17, 15) is 13.6 Å². The van der Waals surface area contributed by atoms with Crippen molar-refractivity contribution in [1.29, 1.82) is 0 Å². The number of hydrogen-bond donors (Lipinski definition) is 2. The van der Waals surface area contributed by atoms with Crippen LogP contribution in [0.1, 0.15) is 36.0 Å². The maximum absolute atomic E-state index is 13.3. The number of rotatable bonds is 5. The molecule has 1 fully saturated rings. The van der Waals surface area contributed by atoms with Crippen LogP contribution in [-0.2, 0) is 0 Å². The van der Waals surface area contributed by atoms with Crippen LogP contribution in [0.5, 0.6) is 0 Å². The lowest BCUT2D eigenvalue weighted by molar-refractivity contribution is 0.0926. The molecule has 9 heteroatoms. The number of halogens is 3. The lowest BCUT2D eigenvalue weighted by atomic mass is 9.91. The summed E-state index contributed by atoms with van der Waals surface area (Å²) in [7, 11) is 3.85. The smallest absolute Gasteiger partial charge is 0.251 e. The second-order valence-electron chi connectivity index (χ2n) is 6.95. The van der Waals surface area contributed by atoms with E-state index in [-0.39, 0.29) is 36.0 Å². The molecule has 2 N–H and O–H groups in total. The van der Waals surface area contributed by atoms with Gasteiger partial charge in [-0.2, -0.15) is 0 Å². The van der Waals surface area contributed by atoms with Crippen LogP contribution in [0, 0.1) is 11.6 Å². The van der Waals surface area contributed by atoms with Gasteiger partial charge in [0.15, 0.2) is 11.6 Å². The Labute approximate surface area is 169 Å². The number of hydrogen-bond acceptors (Lipinski definition) is 5. The minimum absolute atomic E-state index is 0. The van der Waals surface area contributed by atoms with Crippen molar-refractivity contribution in [2.75, 3.05) is 24.3 Å². The molecular formula is C19H24ClF2N5O. The van der Waals surface area contributed by atoms with E-state index in [1.165, 1.54) is 12.4 Å². The van der Waals surface area contributed by atoms with Crippen molar-refractivity contribution < 1.29 is 13.6 Å². The highest BCUT2D eigenvalue weighted by molar-refractivity contribution is 5.94. The zero-order chi connectivity index (χ0) is 19.4. The third-order valence-corrected chi connectivity index (χ3v) is 4.71. The van der Waals surface area contributed by atoms with Crippen LogP contribution in [0.15, 0.2) is 30.6 Å². The Morgan fingerprint density at radius 1 is 1.04 bits per heavy atom. The molecular weight excluding hydrogens is 388 g/mol. The summed E-state index contributed by atoms with van der Waals surface area (Å²) < 4.78 is 26.3. The van der Waals surface area contributed by atoms with Gasteiger partial charge >= 0.3 is 0 Å². The first kappa shape index (κ1) is 21.8. The van der Waals surface area contributed by atoms with Gasteiger partial charge in [-0.05, 0) is 43.9 Å². The summed E-state index contributed by atoms with van der Waals surface area (Å²) in [6, 6.07) is 5.37. The van der Waals surface area contributed by atoms with E-state index < -0.39 is 11.6 Å². The molecule has 1 amide bonds. The van der Waals surface area contributed by atoms with Gasteiger partial charge in [0.25, 0.3) is 5.91 Å². The summed E-state index contributed by atoms with van der Waals surface area (Å²) in [5.41, 5.74) is 0.131. The molecule has 1 heterocycles. The molecule has 0 radical (unpaired) electrons. The first-order valence-corrected chi connectivity index (χ1v) is 8.94. The van der Waals surface area contributed by atoms with E-state index in [0.29, 0.717) is 0 Å². The Morgan fingerprint density at radius 3 is 2.36 bits per heavy atom. The van der Waals surface area contributed by atoms with Gasteiger partial charge in [0, 0.05) is 37.8 Å². The minimum atomic E-state index is -1.02. The monoisotopic (exact) mass is 411 g/mol. The van der Waals surface area contributed by atoms with Crippen LogP contribution >= 0.6 is 12.4 Å². The van der Waals surface area contributed by atoms with E-state index in [2.05, 4.69) is 20.6 Å². The molecule has 6 nitrogen and oxygen atoms in total. The number of carbonyl (C=O) groups is 1. The highest BCUT2D eigenvalue weighted by Gasteiger charge is 2.23. The van der Waals surface area contributed by atoms with E-state index in [1.54, 1.807) is 0 Å². The van der Waals surface area contributed by atoms with Crippen LogP contribution in [0.2, 0.25) is 0 Å². The van der Waals surface area contributed by atoms with Crippen molar-refractivity contribution in [2.45, 2.75) is 37.8 Å². The summed E-state index contributed by atoms with van der Waals surface area (Å²) in [6.45, 7) is 0. The van der Waals surface area contributed by atoms with Gasteiger partial charge in [-0.1, -0.05) is 0 Å².